The van der Waals surface area contributed by atoms with Crippen LogP contribution in [0.15, 0.2) is 48.5 Å². The van der Waals surface area contributed by atoms with E-state index in [9.17, 15) is 9.59 Å². The summed E-state index contributed by atoms with van der Waals surface area (Å²) in [6.07, 6.45) is 4.82. The van der Waals surface area contributed by atoms with Crippen LogP contribution in [0.5, 0.6) is 5.75 Å². The maximum atomic E-state index is 14.3. The van der Waals surface area contributed by atoms with E-state index in [2.05, 4.69) is 23.5 Å². The Kier molecular flexibility index (Phi) is 5.75. The van der Waals surface area contributed by atoms with Crippen LogP contribution in [0.25, 0.3) is 10.9 Å². The molecule has 2 aromatic carbocycles. The van der Waals surface area contributed by atoms with Gasteiger partial charge in [-0.2, -0.15) is 0 Å². The van der Waals surface area contributed by atoms with Gasteiger partial charge in [-0.15, -0.1) is 0 Å². The van der Waals surface area contributed by atoms with Crippen LogP contribution in [0, 0.1) is 0 Å². The van der Waals surface area contributed by atoms with Crippen LogP contribution in [0.4, 0.5) is 0 Å². The van der Waals surface area contributed by atoms with Crippen molar-refractivity contribution in [2.24, 2.45) is 0 Å². The van der Waals surface area contributed by atoms with Crippen LogP contribution >= 0.6 is 0 Å². The van der Waals surface area contributed by atoms with E-state index in [-0.39, 0.29) is 24.0 Å². The van der Waals surface area contributed by atoms with E-state index in [0.29, 0.717) is 18.8 Å². The number of benzene rings is 2. The summed E-state index contributed by atoms with van der Waals surface area (Å²) in [6, 6.07) is 16.0. The minimum Gasteiger partial charge on any atom is -0.497 e. The second kappa shape index (κ2) is 8.96. The van der Waals surface area contributed by atoms with E-state index >= 15 is 0 Å². The third kappa shape index (κ3) is 3.68. The van der Waals surface area contributed by atoms with Gasteiger partial charge >= 0.3 is 0 Å². The van der Waals surface area contributed by atoms with Crippen molar-refractivity contribution in [2.75, 3.05) is 20.3 Å². The second-order valence-corrected chi connectivity index (χ2v) is 10.4. The van der Waals surface area contributed by atoms with E-state index in [1.54, 1.807) is 7.11 Å². The van der Waals surface area contributed by atoms with Gasteiger partial charge in [0.1, 0.15) is 17.0 Å². The number of rotatable bonds is 5. The maximum Gasteiger partial charge on any atom is 0.271 e. The number of carbonyl (C=O) groups excluding carboxylic acids is 2. The molecule has 3 heterocycles. The van der Waals surface area contributed by atoms with Crippen molar-refractivity contribution in [1.82, 2.24) is 14.8 Å². The largest absolute Gasteiger partial charge is 0.497 e. The number of hydrogen-bond donors (Lipinski definition) is 1. The first-order valence-electron chi connectivity index (χ1n) is 13.0. The zero-order valence-electron chi connectivity index (χ0n) is 21.0. The number of nitrogens with zero attached hydrogens (tertiary/aromatic N) is 2. The van der Waals surface area contributed by atoms with E-state index in [1.807, 2.05) is 46.7 Å². The molecule has 0 bridgehead atoms. The molecule has 1 aromatic heterocycles. The lowest BCUT2D eigenvalue weighted by Crippen LogP contribution is -2.65. The lowest BCUT2D eigenvalue weighted by Gasteiger charge is -2.49. The van der Waals surface area contributed by atoms with Crippen LogP contribution in [-0.2, 0) is 22.5 Å². The number of fused-ring (bicyclic) bond motifs is 4. The monoisotopic (exact) mass is 487 g/mol. The minimum atomic E-state index is -1.06. The number of carbonyl (C=O) groups is 2. The molecule has 1 N–H and O–H groups in total. The Hall–Kier alpha value is -3.32. The van der Waals surface area contributed by atoms with Crippen LogP contribution in [0.2, 0.25) is 0 Å². The summed E-state index contributed by atoms with van der Waals surface area (Å²) >= 11 is 0. The van der Waals surface area contributed by atoms with Gasteiger partial charge in [-0.1, -0.05) is 24.3 Å². The third-order valence-electron chi connectivity index (χ3n) is 8.20. The normalized spacial score (nSPS) is 25.5. The zero-order valence-corrected chi connectivity index (χ0v) is 21.0. The Morgan fingerprint density at radius 1 is 1.17 bits per heavy atom. The summed E-state index contributed by atoms with van der Waals surface area (Å²) in [7, 11) is 1.64. The first kappa shape index (κ1) is 23.1. The van der Waals surface area contributed by atoms with Gasteiger partial charge in [0, 0.05) is 24.6 Å². The van der Waals surface area contributed by atoms with Gasteiger partial charge in [-0.3, -0.25) is 9.59 Å². The molecule has 1 aliphatic carbocycles. The lowest BCUT2D eigenvalue weighted by atomic mass is 9.82. The van der Waals surface area contributed by atoms with E-state index in [0.717, 1.165) is 60.9 Å². The highest BCUT2D eigenvalue weighted by Crippen LogP contribution is 2.43. The van der Waals surface area contributed by atoms with Gasteiger partial charge in [0.15, 0.2) is 0 Å². The van der Waals surface area contributed by atoms with Gasteiger partial charge < -0.3 is 24.3 Å². The summed E-state index contributed by atoms with van der Waals surface area (Å²) in [4.78, 5) is 30.2. The van der Waals surface area contributed by atoms with Gasteiger partial charge in [0.2, 0.25) is 5.91 Å². The van der Waals surface area contributed by atoms with Gasteiger partial charge in [-0.25, -0.2) is 0 Å². The molecule has 0 unspecified atom stereocenters. The predicted molar refractivity (Wildman–Crippen MR) is 137 cm³/mol. The third-order valence-corrected chi connectivity index (χ3v) is 8.20. The topological polar surface area (TPSA) is 72.8 Å². The van der Waals surface area contributed by atoms with Gasteiger partial charge in [-0.05, 0) is 68.4 Å². The predicted octanol–water partition coefficient (Wildman–Crippen LogP) is 4.24. The molecular weight excluding hydrogens is 454 g/mol. The molecule has 36 heavy (non-hydrogen) atoms. The Morgan fingerprint density at radius 2 is 2.03 bits per heavy atom. The van der Waals surface area contributed by atoms with Crippen LogP contribution in [0.3, 0.4) is 0 Å². The first-order chi connectivity index (χ1) is 17.5. The number of amides is 2. The van der Waals surface area contributed by atoms with Crippen LogP contribution in [-0.4, -0.2) is 53.2 Å². The summed E-state index contributed by atoms with van der Waals surface area (Å²) in [5, 5.41) is 4.11. The second-order valence-electron chi connectivity index (χ2n) is 10.4. The molecule has 7 heteroatoms. The fourth-order valence-electron chi connectivity index (χ4n) is 6.31. The zero-order chi connectivity index (χ0) is 24.9. The summed E-state index contributed by atoms with van der Waals surface area (Å²) in [5.74, 6) is 0.488. The van der Waals surface area contributed by atoms with Crippen molar-refractivity contribution >= 4 is 22.7 Å². The quantitative estimate of drug-likeness (QED) is 0.584. The highest BCUT2D eigenvalue weighted by molar-refractivity contribution is 6.04. The molecule has 0 radical (unpaired) electrons. The smallest absolute Gasteiger partial charge is 0.271 e. The van der Waals surface area contributed by atoms with Crippen molar-refractivity contribution in [3.05, 3.63) is 65.4 Å². The number of aryl methyl sites for hydroxylation is 1. The van der Waals surface area contributed by atoms with Crippen LogP contribution < -0.4 is 10.1 Å². The molecule has 3 atom stereocenters. The fourth-order valence-corrected chi connectivity index (χ4v) is 6.31. The molecule has 188 valence electrons. The standard InChI is InChI=1S/C29H33N3O4/c1-29(28(34)30-17-22-9-6-14-36-22)18-31-25-16-21(35-2)13-12-20(25)15-26(31)27(33)32(29)24-11-5-8-19-7-3-4-10-23(19)24/h3-4,7,10,12-13,15-16,22,24H,5-6,8-9,11,14,17-18H2,1-2H3,(H,30,34)/t22-,24+,29-/m1/s1. The molecular formula is C29H33N3O4. The van der Waals surface area contributed by atoms with Gasteiger partial charge in [0.05, 0.1) is 31.3 Å². The summed E-state index contributed by atoms with van der Waals surface area (Å²) in [6.45, 7) is 3.50. The molecule has 0 saturated carbocycles. The Balaban J connectivity index is 1.45. The number of hydrogen-bond acceptors (Lipinski definition) is 4. The van der Waals surface area contributed by atoms with E-state index in [4.69, 9.17) is 9.47 Å². The highest BCUT2D eigenvalue weighted by atomic mass is 16.5. The molecule has 0 spiro atoms. The highest BCUT2D eigenvalue weighted by Gasteiger charge is 2.51. The number of nitrogens with one attached hydrogen (secondary N) is 1. The molecule has 3 aromatic rings. The minimum absolute atomic E-state index is 0.0351. The van der Waals surface area contributed by atoms with Crippen molar-refractivity contribution in [3.8, 4) is 5.75 Å². The lowest BCUT2D eigenvalue weighted by molar-refractivity contribution is -0.135. The molecule has 3 aliphatic rings. The average molecular weight is 488 g/mol. The molecule has 2 amide bonds. The van der Waals surface area contributed by atoms with Crippen molar-refractivity contribution in [3.63, 3.8) is 0 Å². The molecule has 6 rings (SSSR count). The fraction of sp³-hybridized carbons (Fsp3) is 0.448. The number of methoxy groups -OCH3 is 1. The Morgan fingerprint density at radius 3 is 2.83 bits per heavy atom. The Labute approximate surface area is 211 Å². The maximum absolute atomic E-state index is 14.3. The molecule has 7 nitrogen and oxygen atoms in total. The van der Waals surface area contributed by atoms with Crippen molar-refractivity contribution < 1.29 is 19.1 Å². The summed E-state index contributed by atoms with van der Waals surface area (Å²) < 4.78 is 13.2. The number of ether oxygens (including phenoxy) is 2. The molecule has 1 fully saturated rings. The Bertz CT molecular complexity index is 1330. The van der Waals surface area contributed by atoms with Gasteiger partial charge in [0.25, 0.3) is 5.91 Å². The SMILES string of the molecule is COc1ccc2cc3n(c2c1)C[C@](C)(C(=O)NC[C@H]1CCCO1)N([C@H]1CCCc2ccccc21)C3=O. The summed E-state index contributed by atoms with van der Waals surface area (Å²) in [5.41, 5.74) is 2.87. The van der Waals surface area contributed by atoms with E-state index in [1.165, 1.54) is 5.56 Å². The average Bonchev–Trinajstić information content (AvgIpc) is 3.55. The molecule has 2 aliphatic heterocycles. The van der Waals surface area contributed by atoms with Crippen LogP contribution in [0.1, 0.15) is 60.3 Å². The van der Waals surface area contributed by atoms with Crippen molar-refractivity contribution in [2.45, 2.75) is 63.3 Å². The molecule has 1 saturated heterocycles. The first-order valence-corrected chi connectivity index (χ1v) is 13.0. The number of aromatic nitrogens is 1. The van der Waals surface area contributed by atoms with E-state index < -0.39 is 5.54 Å². The van der Waals surface area contributed by atoms with Crippen molar-refractivity contribution in [1.29, 1.82) is 0 Å².